The molecule has 1 aromatic carbocycles. The van der Waals surface area contributed by atoms with Crippen LogP contribution in [0.5, 0.6) is 0 Å². The molecule has 0 aromatic heterocycles. The fourth-order valence-electron chi connectivity index (χ4n) is 1.67. The van der Waals surface area contributed by atoms with Gasteiger partial charge in [0, 0.05) is 4.47 Å². The lowest BCUT2D eigenvalue weighted by atomic mass is 9.96. The largest absolute Gasteiger partial charge is 0.192 e. The highest BCUT2D eigenvalue weighted by atomic mass is 79.9. The van der Waals surface area contributed by atoms with E-state index in [1.807, 2.05) is 18.2 Å². The van der Waals surface area contributed by atoms with Crippen molar-refractivity contribution in [2.45, 2.75) is 12.8 Å². The Morgan fingerprint density at radius 1 is 1.27 bits per heavy atom. The van der Waals surface area contributed by atoms with Gasteiger partial charge in [0.05, 0.1) is 11.6 Å². The van der Waals surface area contributed by atoms with Crippen LogP contribution in [0.1, 0.15) is 24.0 Å². The van der Waals surface area contributed by atoms with Crippen LogP contribution in [0.15, 0.2) is 40.9 Å². The highest BCUT2D eigenvalue weighted by molar-refractivity contribution is 9.10. The number of nitrogens with zero attached hydrogens (tertiary/aromatic N) is 1. The van der Waals surface area contributed by atoms with E-state index in [1.54, 1.807) is 0 Å². The minimum atomic E-state index is 0.724. The van der Waals surface area contributed by atoms with Crippen LogP contribution in [-0.4, -0.2) is 0 Å². The molecule has 15 heavy (non-hydrogen) atoms. The molecule has 0 N–H and O–H groups in total. The molecular formula is C13H10BrN. The van der Waals surface area contributed by atoms with E-state index >= 15 is 0 Å². The van der Waals surface area contributed by atoms with Gasteiger partial charge in [-0.3, -0.25) is 0 Å². The first kappa shape index (κ1) is 10.2. The number of halogens is 1. The summed E-state index contributed by atoms with van der Waals surface area (Å²) in [7, 11) is 0. The van der Waals surface area contributed by atoms with Crippen molar-refractivity contribution in [3.63, 3.8) is 0 Å². The maximum atomic E-state index is 9.05. The number of hydrogen-bond acceptors (Lipinski definition) is 1. The normalized spacial score (nSPS) is 14.5. The number of benzene rings is 1. The third-order valence-corrected chi connectivity index (χ3v) is 2.90. The summed E-state index contributed by atoms with van der Waals surface area (Å²) in [5.41, 5.74) is 2.91. The molecule has 0 saturated carbocycles. The molecule has 0 radical (unpaired) electrons. The van der Waals surface area contributed by atoms with Gasteiger partial charge in [0.25, 0.3) is 0 Å². The Bertz CT molecular complexity index is 478. The maximum Gasteiger partial charge on any atom is 0.0998 e. The van der Waals surface area contributed by atoms with Gasteiger partial charge in [0.1, 0.15) is 0 Å². The minimum Gasteiger partial charge on any atom is -0.192 e. The van der Waals surface area contributed by atoms with Crippen molar-refractivity contribution in [2.24, 2.45) is 0 Å². The molecule has 1 nitrogen and oxygen atoms in total. The zero-order chi connectivity index (χ0) is 10.7. The SMILES string of the molecule is N#Cc1cc(Br)ccc1C1=CCCC=C1. The molecule has 0 unspecified atom stereocenters. The molecule has 1 aliphatic carbocycles. The third-order valence-electron chi connectivity index (χ3n) is 2.41. The molecule has 1 aliphatic rings. The average Bonchev–Trinajstić information content (AvgIpc) is 2.30. The van der Waals surface area contributed by atoms with E-state index in [0.717, 1.165) is 34.0 Å². The molecule has 74 valence electrons. The quantitative estimate of drug-likeness (QED) is 0.747. The molecule has 2 heteroatoms. The lowest BCUT2D eigenvalue weighted by Gasteiger charge is -2.09. The molecule has 1 aromatic rings. The number of hydrogen-bond donors (Lipinski definition) is 0. The van der Waals surface area contributed by atoms with E-state index in [2.05, 4.69) is 40.2 Å². The first-order chi connectivity index (χ1) is 7.31. The summed E-state index contributed by atoms with van der Waals surface area (Å²) >= 11 is 3.37. The van der Waals surface area contributed by atoms with Crippen molar-refractivity contribution < 1.29 is 0 Å². The van der Waals surface area contributed by atoms with Gasteiger partial charge in [-0.25, -0.2) is 0 Å². The second-order valence-electron chi connectivity index (χ2n) is 3.44. The van der Waals surface area contributed by atoms with Crippen LogP contribution in [0.4, 0.5) is 0 Å². The second-order valence-corrected chi connectivity index (χ2v) is 4.36. The molecule has 0 bridgehead atoms. The smallest absolute Gasteiger partial charge is 0.0998 e. The van der Waals surface area contributed by atoms with Gasteiger partial charge >= 0.3 is 0 Å². The van der Waals surface area contributed by atoms with Crippen molar-refractivity contribution in [3.05, 3.63) is 52.0 Å². The summed E-state index contributed by atoms with van der Waals surface area (Å²) in [5, 5.41) is 9.05. The van der Waals surface area contributed by atoms with Crippen molar-refractivity contribution in [1.29, 1.82) is 5.26 Å². The summed E-state index contributed by atoms with van der Waals surface area (Å²) in [6, 6.07) is 8.05. The lowest BCUT2D eigenvalue weighted by molar-refractivity contribution is 1.04. The molecule has 0 atom stereocenters. The van der Waals surface area contributed by atoms with Gasteiger partial charge in [-0.15, -0.1) is 0 Å². The van der Waals surface area contributed by atoms with Gasteiger partial charge in [0.2, 0.25) is 0 Å². The van der Waals surface area contributed by atoms with Gasteiger partial charge < -0.3 is 0 Å². The van der Waals surface area contributed by atoms with Crippen molar-refractivity contribution in [1.82, 2.24) is 0 Å². The van der Waals surface area contributed by atoms with Gasteiger partial charge in [-0.1, -0.05) is 40.2 Å². The molecule has 0 spiro atoms. The predicted octanol–water partition coefficient (Wildman–Crippen LogP) is 4.05. The van der Waals surface area contributed by atoms with Crippen LogP contribution >= 0.6 is 15.9 Å². The van der Waals surface area contributed by atoms with Crippen LogP contribution in [-0.2, 0) is 0 Å². The Labute approximate surface area is 97.9 Å². The Morgan fingerprint density at radius 2 is 2.13 bits per heavy atom. The van der Waals surface area contributed by atoms with Crippen LogP contribution in [0.3, 0.4) is 0 Å². The van der Waals surface area contributed by atoms with Gasteiger partial charge in [0.15, 0.2) is 0 Å². The molecule has 0 aliphatic heterocycles. The number of rotatable bonds is 1. The van der Waals surface area contributed by atoms with Crippen LogP contribution in [0, 0.1) is 11.3 Å². The maximum absolute atomic E-state index is 9.05. The average molecular weight is 260 g/mol. The molecular weight excluding hydrogens is 250 g/mol. The first-order valence-corrected chi connectivity index (χ1v) is 5.67. The Balaban J connectivity index is 2.49. The third kappa shape index (κ3) is 2.19. The summed E-state index contributed by atoms with van der Waals surface area (Å²) in [5.74, 6) is 0. The zero-order valence-electron chi connectivity index (χ0n) is 8.20. The highest BCUT2D eigenvalue weighted by Gasteiger charge is 2.07. The van der Waals surface area contributed by atoms with Crippen LogP contribution < -0.4 is 0 Å². The van der Waals surface area contributed by atoms with E-state index in [9.17, 15) is 0 Å². The monoisotopic (exact) mass is 259 g/mol. The molecule has 0 saturated heterocycles. The highest BCUT2D eigenvalue weighted by Crippen LogP contribution is 2.26. The summed E-state index contributed by atoms with van der Waals surface area (Å²) in [4.78, 5) is 0. The van der Waals surface area contributed by atoms with E-state index in [4.69, 9.17) is 5.26 Å². The molecule has 0 fully saturated rings. The summed E-state index contributed by atoms with van der Waals surface area (Å²) in [6.45, 7) is 0. The van der Waals surface area contributed by atoms with Crippen LogP contribution in [0.25, 0.3) is 5.57 Å². The lowest BCUT2D eigenvalue weighted by Crippen LogP contribution is -1.90. The fraction of sp³-hybridized carbons (Fsp3) is 0.154. The van der Waals surface area contributed by atoms with Crippen molar-refractivity contribution in [2.75, 3.05) is 0 Å². The Morgan fingerprint density at radius 3 is 2.80 bits per heavy atom. The van der Waals surface area contributed by atoms with E-state index in [1.165, 1.54) is 0 Å². The van der Waals surface area contributed by atoms with E-state index in [-0.39, 0.29) is 0 Å². The van der Waals surface area contributed by atoms with Gasteiger partial charge in [-0.05, 0) is 36.1 Å². The van der Waals surface area contributed by atoms with Gasteiger partial charge in [-0.2, -0.15) is 5.26 Å². The molecule has 0 heterocycles. The van der Waals surface area contributed by atoms with E-state index in [0.29, 0.717) is 0 Å². The predicted molar refractivity (Wildman–Crippen MR) is 65.2 cm³/mol. The van der Waals surface area contributed by atoms with E-state index < -0.39 is 0 Å². The van der Waals surface area contributed by atoms with Crippen molar-refractivity contribution in [3.8, 4) is 6.07 Å². The molecule has 0 amide bonds. The minimum absolute atomic E-state index is 0.724. The number of nitriles is 1. The Kier molecular flexibility index (Phi) is 3.03. The van der Waals surface area contributed by atoms with Crippen molar-refractivity contribution >= 4 is 21.5 Å². The Hall–Kier alpha value is -1.33. The standard InChI is InChI=1S/C13H10BrN/c14-12-6-7-13(11(8-12)9-15)10-4-2-1-3-5-10/h2,4-8H,1,3H2. The summed E-state index contributed by atoms with van der Waals surface area (Å²) < 4.78 is 0.947. The topological polar surface area (TPSA) is 23.8 Å². The second kappa shape index (κ2) is 4.46. The number of allylic oxidation sites excluding steroid dienone is 4. The zero-order valence-corrected chi connectivity index (χ0v) is 9.79. The summed E-state index contributed by atoms with van der Waals surface area (Å²) in [6.07, 6.45) is 8.59. The first-order valence-electron chi connectivity index (χ1n) is 4.88. The fourth-order valence-corrected chi connectivity index (χ4v) is 2.03. The molecule has 2 rings (SSSR count). The van der Waals surface area contributed by atoms with Crippen LogP contribution in [0.2, 0.25) is 0 Å².